The van der Waals surface area contributed by atoms with Crippen molar-refractivity contribution < 1.29 is 9.18 Å². The van der Waals surface area contributed by atoms with E-state index in [9.17, 15) is 9.18 Å². The van der Waals surface area contributed by atoms with Crippen molar-refractivity contribution in [2.45, 2.75) is 38.1 Å². The van der Waals surface area contributed by atoms with Gasteiger partial charge in [0.15, 0.2) is 0 Å². The normalized spacial score (nSPS) is 24.4. The highest BCUT2D eigenvalue weighted by atomic mass is 19.1. The van der Waals surface area contributed by atoms with E-state index in [4.69, 9.17) is 5.73 Å². The van der Waals surface area contributed by atoms with Gasteiger partial charge < -0.3 is 11.1 Å². The summed E-state index contributed by atoms with van der Waals surface area (Å²) in [4.78, 5) is 12.5. The zero-order valence-corrected chi connectivity index (χ0v) is 13.1. The van der Waals surface area contributed by atoms with Crippen LogP contribution >= 0.6 is 0 Å². The van der Waals surface area contributed by atoms with Gasteiger partial charge in [-0.1, -0.05) is 25.0 Å². The number of carbonyl (C=O) groups excluding carboxylic acids is 1. The van der Waals surface area contributed by atoms with E-state index in [1.165, 1.54) is 16.9 Å². The molecule has 1 amide bonds. The van der Waals surface area contributed by atoms with Crippen LogP contribution in [0.1, 0.15) is 32.6 Å². The first-order chi connectivity index (χ1) is 11.0. The summed E-state index contributed by atoms with van der Waals surface area (Å²) in [6.07, 6.45) is 6.83. The Bertz CT molecular complexity index is 710. The number of hydrogen-bond donors (Lipinski definition) is 2. The van der Waals surface area contributed by atoms with Crippen molar-refractivity contribution in [3.8, 4) is 5.69 Å². The van der Waals surface area contributed by atoms with Crippen LogP contribution in [0.3, 0.4) is 0 Å². The van der Waals surface area contributed by atoms with Crippen LogP contribution in [0.15, 0.2) is 36.7 Å². The number of hydrogen-bond acceptors (Lipinski definition) is 3. The molecule has 1 fully saturated rings. The molecular formula is C17H21FN4O. The van der Waals surface area contributed by atoms with Crippen molar-refractivity contribution in [2.24, 2.45) is 11.7 Å². The summed E-state index contributed by atoms with van der Waals surface area (Å²) < 4.78 is 15.2. The molecule has 6 heteroatoms. The molecule has 2 aromatic rings. The highest BCUT2D eigenvalue weighted by Crippen LogP contribution is 2.32. The zero-order valence-electron chi connectivity index (χ0n) is 13.1. The third kappa shape index (κ3) is 3.27. The molecule has 0 aliphatic heterocycles. The number of carbonyl (C=O) groups is 1. The van der Waals surface area contributed by atoms with Crippen LogP contribution < -0.4 is 11.1 Å². The molecule has 23 heavy (non-hydrogen) atoms. The number of amides is 1. The summed E-state index contributed by atoms with van der Waals surface area (Å²) in [5.41, 5.74) is 6.66. The standard InChI is InChI=1S/C17H21FN4O/c1-17(19)9-5-4-6-13(17)16(23)21-12-10-20-22(11-12)15-8-3-2-7-14(15)18/h2-3,7-8,10-11,13H,4-6,9,19H2,1H3,(H,21,23). The SMILES string of the molecule is CC1(N)CCCCC1C(=O)Nc1cnn(-c2ccccc2F)c1. The molecular weight excluding hydrogens is 295 g/mol. The largest absolute Gasteiger partial charge is 0.325 e. The number of aromatic nitrogens is 2. The lowest BCUT2D eigenvalue weighted by Crippen LogP contribution is -2.51. The van der Waals surface area contributed by atoms with Crippen molar-refractivity contribution in [3.05, 3.63) is 42.5 Å². The first-order valence-corrected chi connectivity index (χ1v) is 7.87. The number of nitrogens with one attached hydrogen (secondary N) is 1. The molecule has 2 unspecified atom stereocenters. The minimum absolute atomic E-state index is 0.0946. The summed E-state index contributed by atoms with van der Waals surface area (Å²) in [5.74, 6) is -0.675. The van der Waals surface area contributed by atoms with E-state index in [1.54, 1.807) is 24.4 Å². The number of benzene rings is 1. The number of halogens is 1. The molecule has 0 radical (unpaired) electrons. The number of nitrogens with zero attached hydrogens (tertiary/aromatic N) is 2. The molecule has 1 aromatic carbocycles. The maximum absolute atomic E-state index is 13.8. The second-order valence-corrected chi connectivity index (χ2v) is 6.42. The Hall–Kier alpha value is -2.21. The van der Waals surface area contributed by atoms with Gasteiger partial charge in [0.2, 0.25) is 5.91 Å². The second-order valence-electron chi connectivity index (χ2n) is 6.42. The first kappa shape index (κ1) is 15.7. The van der Waals surface area contributed by atoms with Crippen molar-refractivity contribution in [1.82, 2.24) is 9.78 Å². The van der Waals surface area contributed by atoms with Gasteiger partial charge in [0, 0.05) is 5.54 Å². The van der Waals surface area contributed by atoms with E-state index in [0.29, 0.717) is 11.4 Å². The maximum atomic E-state index is 13.8. The van der Waals surface area contributed by atoms with Crippen molar-refractivity contribution >= 4 is 11.6 Å². The summed E-state index contributed by atoms with van der Waals surface area (Å²) >= 11 is 0. The first-order valence-electron chi connectivity index (χ1n) is 7.87. The van der Waals surface area contributed by atoms with Crippen molar-refractivity contribution in [1.29, 1.82) is 0 Å². The van der Waals surface area contributed by atoms with E-state index in [-0.39, 0.29) is 17.6 Å². The van der Waals surface area contributed by atoms with Crippen LogP contribution in [0.5, 0.6) is 0 Å². The van der Waals surface area contributed by atoms with E-state index < -0.39 is 5.54 Å². The molecule has 1 aliphatic rings. The van der Waals surface area contributed by atoms with Gasteiger partial charge in [0.25, 0.3) is 0 Å². The van der Waals surface area contributed by atoms with Gasteiger partial charge >= 0.3 is 0 Å². The minimum atomic E-state index is -0.482. The lowest BCUT2D eigenvalue weighted by atomic mass is 9.74. The topological polar surface area (TPSA) is 72.9 Å². The molecule has 2 atom stereocenters. The van der Waals surface area contributed by atoms with Crippen LogP contribution in [-0.2, 0) is 4.79 Å². The van der Waals surface area contributed by atoms with Crippen molar-refractivity contribution in [2.75, 3.05) is 5.32 Å². The van der Waals surface area contributed by atoms with Crippen LogP contribution in [0.4, 0.5) is 10.1 Å². The molecule has 3 N–H and O–H groups in total. The van der Waals surface area contributed by atoms with Gasteiger partial charge in [-0.25, -0.2) is 9.07 Å². The molecule has 1 aromatic heterocycles. The number of para-hydroxylation sites is 1. The van der Waals surface area contributed by atoms with E-state index in [1.807, 2.05) is 6.92 Å². The zero-order chi connectivity index (χ0) is 16.4. The second kappa shape index (κ2) is 6.12. The van der Waals surface area contributed by atoms with Crippen LogP contribution in [-0.4, -0.2) is 21.2 Å². The Labute approximate surface area is 134 Å². The number of nitrogens with two attached hydrogens (primary N) is 1. The van der Waals surface area contributed by atoms with Gasteiger partial charge in [-0.2, -0.15) is 5.10 Å². The Balaban J connectivity index is 1.74. The van der Waals surface area contributed by atoms with Gasteiger partial charge in [0.1, 0.15) is 11.5 Å². The molecule has 0 spiro atoms. The third-order valence-corrected chi connectivity index (χ3v) is 4.52. The average molecular weight is 316 g/mol. The maximum Gasteiger partial charge on any atom is 0.229 e. The third-order valence-electron chi connectivity index (χ3n) is 4.52. The lowest BCUT2D eigenvalue weighted by molar-refractivity contribution is -0.122. The average Bonchev–Trinajstić information content (AvgIpc) is 2.95. The van der Waals surface area contributed by atoms with Crippen LogP contribution in [0.25, 0.3) is 5.69 Å². The van der Waals surface area contributed by atoms with Crippen molar-refractivity contribution in [3.63, 3.8) is 0 Å². The summed E-state index contributed by atoms with van der Waals surface area (Å²) in [6.45, 7) is 1.93. The molecule has 122 valence electrons. The summed E-state index contributed by atoms with van der Waals surface area (Å²) in [6, 6.07) is 6.36. The van der Waals surface area contributed by atoms with E-state index in [0.717, 1.165) is 25.7 Å². The summed E-state index contributed by atoms with van der Waals surface area (Å²) in [5, 5.41) is 6.96. The number of rotatable bonds is 3. The molecule has 5 nitrogen and oxygen atoms in total. The Morgan fingerprint density at radius 1 is 1.43 bits per heavy atom. The minimum Gasteiger partial charge on any atom is -0.325 e. The van der Waals surface area contributed by atoms with E-state index in [2.05, 4.69) is 10.4 Å². The van der Waals surface area contributed by atoms with E-state index >= 15 is 0 Å². The predicted octanol–water partition coefficient (Wildman–Crippen LogP) is 2.86. The molecule has 1 aliphatic carbocycles. The smallest absolute Gasteiger partial charge is 0.229 e. The molecule has 1 heterocycles. The van der Waals surface area contributed by atoms with Gasteiger partial charge in [-0.3, -0.25) is 4.79 Å². The monoisotopic (exact) mass is 316 g/mol. The molecule has 0 bridgehead atoms. The molecule has 0 saturated heterocycles. The Morgan fingerprint density at radius 2 is 2.22 bits per heavy atom. The number of anilines is 1. The lowest BCUT2D eigenvalue weighted by Gasteiger charge is -2.37. The highest BCUT2D eigenvalue weighted by Gasteiger charge is 2.37. The fourth-order valence-electron chi connectivity index (χ4n) is 3.17. The van der Waals surface area contributed by atoms with Crippen LogP contribution in [0.2, 0.25) is 0 Å². The Kier molecular flexibility index (Phi) is 4.17. The summed E-state index contributed by atoms with van der Waals surface area (Å²) in [7, 11) is 0. The van der Waals surface area contributed by atoms with Gasteiger partial charge in [-0.05, 0) is 31.9 Å². The molecule has 1 saturated carbocycles. The Morgan fingerprint density at radius 3 is 2.96 bits per heavy atom. The highest BCUT2D eigenvalue weighted by molar-refractivity contribution is 5.93. The van der Waals surface area contributed by atoms with Gasteiger partial charge in [0.05, 0.1) is 24.0 Å². The predicted molar refractivity (Wildman–Crippen MR) is 86.7 cm³/mol. The fraction of sp³-hybridized carbons (Fsp3) is 0.412. The van der Waals surface area contributed by atoms with Crippen LogP contribution in [0, 0.1) is 11.7 Å². The quantitative estimate of drug-likeness (QED) is 0.914. The molecule has 3 rings (SSSR count). The van der Waals surface area contributed by atoms with Gasteiger partial charge in [-0.15, -0.1) is 0 Å². The fourth-order valence-corrected chi connectivity index (χ4v) is 3.17.